The Morgan fingerprint density at radius 2 is 1.90 bits per heavy atom. The number of nitrogens with two attached hydrogens (primary N) is 1. The molecule has 1 saturated carbocycles. The second-order valence-corrected chi connectivity index (χ2v) is 5.59. The first-order chi connectivity index (χ1) is 10.1. The van der Waals surface area contributed by atoms with Crippen LogP contribution in [0.4, 0.5) is 4.39 Å². The standard InChI is InChI=1S/C16H23FN2O2/c17-12-3-9-15(10-4-12)21-11-1-2-16(20)19-14-7-5-13(18)6-8-14/h3-4,9-10,13-14H,1-2,5-8,11,18H2,(H,19,20). The number of carbonyl (C=O) groups excluding carboxylic acids is 1. The number of carbonyl (C=O) groups is 1. The van der Waals surface area contributed by atoms with E-state index < -0.39 is 0 Å². The first kappa shape index (κ1) is 15.8. The molecule has 5 heteroatoms. The lowest BCUT2D eigenvalue weighted by atomic mass is 9.92. The zero-order valence-corrected chi connectivity index (χ0v) is 12.2. The van der Waals surface area contributed by atoms with E-state index in [4.69, 9.17) is 10.5 Å². The van der Waals surface area contributed by atoms with Gasteiger partial charge < -0.3 is 15.8 Å². The molecule has 1 fully saturated rings. The van der Waals surface area contributed by atoms with Gasteiger partial charge in [-0.3, -0.25) is 4.79 Å². The number of rotatable bonds is 6. The molecule has 1 aliphatic carbocycles. The second kappa shape index (κ2) is 7.98. The van der Waals surface area contributed by atoms with E-state index in [-0.39, 0.29) is 17.8 Å². The normalized spacial score (nSPS) is 21.8. The molecule has 3 N–H and O–H groups in total. The molecule has 1 aromatic carbocycles. The van der Waals surface area contributed by atoms with Gasteiger partial charge in [-0.25, -0.2) is 4.39 Å². The summed E-state index contributed by atoms with van der Waals surface area (Å²) in [4.78, 5) is 11.8. The van der Waals surface area contributed by atoms with Crippen molar-refractivity contribution in [3.05, 3.63) is 30.1 Å². The van der Waals surface area contributed by atoms with Gasteiger partial charge in [0.05, 0.1) is 6.61 Å². The largest absolute Gasteiger partial charge is 0.494 e. The summed E-state index contributed by atoms with van der Waals surface area (Å²) in [5.41, 5.74) is 5.84. The Hall–Kier alpha value is -1.62. The molecule has 0 unspecified atom stereocenters. The Bertz CT molecular complexity index is 442. The highest BCUT2D eigenvalue weighted by Gasteiger charge is 2.19. The van der Waals surface area contributed by atoms with Gasteiger partial charge in [-0.2, -0.15) is 0 Å². The molecule has 1 amide bonds. The monoisotopic (exact) mass is 294 g/mol. The molecule has 0 radical (unpaired) electrons. The number of hydrogen-bond donors (Lipinski definition) is 2. The Morgan fingerprint density at radius 1 is 1.24 bits per heavy atom. The maximum absolute atomic E-state index is 12.7. The number of nitrogens with one attached hydrogen (secondary N) is 1. The van der Waals surface area contributed by atoms with Crippen molar-refractivity contribution in [3.8, 4) is 5.75 Å². The van der Waals surface area contributed by atoms with Gasteiger partial charge in [0.15, 0.2) is 0 Å². The van der Waals surface area contributed by atoms with E-state index in [0.717, 1.165) is 25.7 Å². The molecule has 1 aromatic rings. The molecule has 0 spiro atoms. The maximum atomic E-state index is 12.7. The summed E-state index contributed by atoms with van der Waals surface area (Å²) in [6, 6.07) is 6.45. The van der Waals surface area contributed by atoms with Crippen LogP contribution in [0.5, 0.6) is 5.75 Å². The van der Waals surface area contributed by atoms with Crippen LogP contribution in [0.15, 0.2) is 24.3 Å². The fraction of sp³-hybridized carbons (Fsp3) is 0.562. The number of ether oxygens (including phenoxy) is 1. The van der Waals surface area contributed by atoms with Gasteiger partial charge >= 0.3 is 0 Å². The molecular weight excluding hydrogens is 271 g/mol. The van der Waals surface area contributed by atoms with Crippen LogP contribution in [0.1, 0.15) is 38.5 Å². The van der Waals surface area contributed by atoms with Crippen molar-refractivity contribution in [1.29, 1.82) is 0 Å². The highest BCUT2D eigenvalue weighted by Crippen LogP contribution is 2.17. The predicted molar refractivity (Wildman–Crippen MR) is 79.5 cm³/mol. The Kier molecular flexibility index (Phi) is 5.99. The van der Waals surface area contributed by atoms with Gasteiger partial charge in [-0.05, 0) is 56.4 Å². The highest BCUT2D eigenvalue weighted by atomic mass is 19.1. The summed E-state index contributed by atoms with van der Waals surface area (Å²) in [7, 11) is 0. The van der Waals surface area contributed by atoms with Gasteiger partial charge in [0.25, 0.3) is 0 Å². The first-order valence-electron chi connectivity index (χ1n) is 7.57. The van der Waals surface area contributed by atoms with E-state index in [2.05, 4.69) is 5.32 Å². The minimum absolute atomic E-state index is 0.0678. The summed E-state index contributed by atoms with van der Waals surface area (Å²) in [5.74, 6) is 0.408. The SMILES string of the molecule is NC1CCC(NC(=O)CCCOc2ccc(F)cc2)CC1. The molecule has 4 nitrogen and oxygen atoms in total. The summed E-state index contributed by atoms with van der Waals surface area (Å²) >= 11 is 0. The van der Waals surface area contributed by atoms with Crippen LogP contribution in [0, 0.1) is 5.82 Å². The van der Waals surface area contributed by atoms with Crippen LogP contribution in [-0.4, -0.2) is 24.6 Å². The zero-order chi connectivity index (χ0) is 15.1. The second-order valence-electron chi connectivity index (χ2n) is 5.59. The molecule has 0 saturated heterocycles. The topological polar surface area (TPSA) is 64.3 Å². The van der Waals surface area contributed by atoms with Crippen LogP contribution in [0.2, 0.25) is 0 Å². The lowest BCUT2D eigenvalue weighted by Gasteiger charge is -2.26. The maximum Gasteiger partial charge on any atom is 0.220 e. The third-order valence-corrected chi connectivity index (χ3v) is 3.77. The number of benzene rings is 1. The third-order valence-electron chi connectivity index (χ3n) is 3.77. The van der Waals surface area contributed by atoms with Gasteiger partial charge in [-0.15, -0.1) is 0 Å². The smallest absolute Gasteiger partial charge is 0.220 e. The summed E-state index contributed by atoms with van der Waals surface area (Å²) in [5, 5.41) is 3.05. The van der Waals surface area contributed by atoms with Gasteiger partial charge in [-0.1, -0.05) is 0 Å². The minimum atomic E-state index is -0.283. The molecule has 116 valence electrons. The molecule has 1 aliphatic rings. The zero-order valence-electron chi connectivity index (χ0n) is 12.2. The van der Waals surface area contributed by atoms with E-state index >= 15 is 0 Å². The van der Waals surface area contributed by atoms with E-state index in [9.17, 15) is 9.18 Å². The fourth-order valence-corrected chi connectivity index (χ4v) is 2.52. The van der Waals surface area contributed by atoms with E-state index in [0.29, 0.717) is 31.2 Å². The van der Waals surface area contributed by atoms with Crippen LogP contribution in [0.3, 0.4) is 0 Å². The molecule has 0 aliphatic heterocycles. The van der Waals surface area contributed by atoms with Crippen LogP contribution in [0.25, 0.3) is 0 Å². The van der Waals surface area contributed by atoms with Crippen LogP contribution >= 0.6 is 0 Å². The average molecular weight is 294 g/mol. The molecule has 0 bridgehead atoms. The highest BCUT2D eigenvalue weighted by molar-refractivity contribution is 5.76. The molecule has 0 atom stereocenters. The van der Waals surface area contributed by atoms with Crippen LogP contribution < -0.4 is 15.8 Å². The van der Waals surface area contributed by atoms with Crippen LogP contribution in [-0.2, 0) is 4.79 Å². The third kappa shape index (κ3) is 5.71. The van der Waals surface area contributed by atoms with Gasteiger partial charge in [0.1, 0.15) is 11.6 Å². The van der Waals surface area contributed by atoms with Gasteiger partial charge in [0.2, 0.25) is 5.91 Å². The lowest BCUT2D eigenvalue weighted by Crippen LogP contribution is -2.40. The molecule has 21 heavy (non-hydrogen) atoms. The van der Waals surface area contributed by atoms with Crippen molar-refractivity contribution in [2.45, 2.75) is 50.6 Å². The van der Waals surface area contributed by atoms with Crippen molar-refractivity contribution in [2.75, 3.05) is 6.61 Å². The molecule has 2 rings (SSSR count). The Balaban J connectivity index is 1.58. The van der Waals surface area contributed by atoms with Crippen molar-refractivity contribution in [3.63, 3.8) is 0 Å². The minimum Gasteiger partial charge on any atom is -0.494 e. The number of halogens is 1. The Labute approximate surface area is 124 Å². The molecule has 0 aromatic heterocycles. The summed E-state index contributed by atoms with van der Waals surface area (Å²) < 4.78 is 18.2. The quantitative estimate of drug-likeness (QED) is 0.792. The van der Waals surface area contributed by atoms with E-state index in [1.165, 1.54) is 12.1 Å². The van der Waals surface area contributed by atoms with Crippen molar-refractivity contribution in [2.24, 2.45) is 5.73 Å². The van der Waals surface area contributed by atoms with E-state index in [1.54, 1.807) is 12.1 Å². The molecular formula is C16H23FN2O2. The van der Waals surface area contributed by atoms with Crippen molar-refractivity contribution in [1.82, 2.24) is 5.32 Å². The van der Waals surface area contributed by atoms with Crippen molar-refractivity contribution < 1.29 is 13.9 Å². The first-order valence-corrected chi connectivity index (χ1v) is 7.57. The average Bonchev–Trinajstić information content (AvgIpc) is 2.48. The predicted octanol–water partition coefficient (Wildman–Crippen LogP) is 2.37. The fourth-order valence-electron chi connectivity index (χ4n) is 2.52. The Morgan fingerprint density at radius 3 is 2.57 bits per heavy atom. The van der Waals surface area contributed by atoms with E-state index in [1.807, 2.05) is 0 Å². The van der Waals surface area contributed by atoms with Gasteiger partial charge in [0, 0.05) is 18.5 Å². The number of hydrogen-bond acceptors (Lipinski definition) is 3. The van der Waals surface area contributed by atoms with Crippen molar-refractivity contribution >= 4 is 5.91 Å². The number of amides is 1. The lowest BCUT2D eigenvalue weighted by molar-refractivity contribution is -0.122. The summed E-state index contributed by atoms with van der Waals surface area (Å²) in [6.45, 7) is 0.453. The molecule has 0 heterocycles. The summed E-state index contributed by atoms with van der Waals surface area (Å²) in [6.07, 6.45) is 5.01.